The van der Waals surface area contributed by atoms with Crippen molar-refractivity contribution in [1.29, 1.82) is 0 Å². The van der Waals surface area contributed by atoms with E-state index in [0.29, 0.717) is 18.5 Å². The van der Waals surface area contributed by atoms with E-state index in [1.165, 1.54) is 36.4 Å². The van der Waals surface area contributed by atoms with Crippen molar-refractivity contribution in [2.75, 3.05) is 6.54 Å². The molecule has 0 unspecified atom stereocenters. The van der Waals surface area contributed by atoms with Gasteiger partial charge in [0.1, 0.15) is 5.69 Å². The number of nitrogens with zero attached hydrogens (tertiary/aromatic N) is 1. The molecule has 7 nitrogen and oxygen atoms in total. The lowest BCUT2D eigenvalue weighted by Crippen LogP contribution is -2.25. The lowest BCUT2D eigenvalue weighted by Gasteiger charge is -2.06. The van der Waals surface area contributed by atoms with E-state index >= 15 is 0 Å². The summed E-state index contributed by atoms with van der Waals surface area (Å²) in [5.74, 6) is -0.261. The lowest BCUT2D eigenvalue weighted by molar-refractivity contribution is 0.0954. The van der Waals surface area contributed by atoms with Crippen molar-refractivity contribution in [3.05, 3.63) is 64.6 Å². The van der Waals surface area contributed by atoms with Crippen LogP contribution in [0.1, 0.15) is 15.9 Å². The molecule has 2 aromatic rings. The number of primary sulfonamides is 1. The SMILES string of the molecule is NS(=O)(=O)c1ccc(CCNC(=O)c2ccc(N=O)cc2)cc1. The molecule has 0 bridgehead atoms. The molecule has 0 heterocycles. The third-order valence-corrected chi connectivity index (χ3v) is 4.12. The first kappa shape index (κ1) is 16.8. The standard InChI is InChI=1S/C15H15N3O4S/c16-23(21,22)14-7-1-11(2-8-14)9-10-17-15(19)12-3-5-13(18-20)6-4-12/h1-8H,9-10H2,(H,17,19)(H2,16,21,22). The molecule has 8 heteroatoms. The van der Waals surface area contributed by atoms with Crippen LogP contribution in [-0.2, 0) is 16.4 Å². The number of sulfonamides is 1. The fourth-order valence-corrected chi connectivity index (χ4v) is 2.46. The molecule has 3 N–H and O–H groups in total. The highest BCUT2D eigenvalue weighted by Crippen LogP contribution is 2.12. The molecule has 0 saturated carbocycles. The second-order valence-corrected chi connectivity index (χ2v) is 6.39. The first-order valence-corrected chi connectivity index (χ1v) is 8.28. The summed E-state index contributed by atoms with van der Waals surface area (Å²) in [5.41, 5.74) is 1.57. The Morgan fingerprint density at radius 2 is 1.65 bits per heavy atom. The molecule has 0 atom stereocenters. The third kappa shape index (κ3) is 4.70. The molecule has 23 heavy (non-hydrogen) atoms. The molecular weight excluding hydrogens is 318 g/mol. The number of carbonyl (C=O) groups is 1. The van der Waals surface area contributed by atoms with Crippen LogP contribution in [0.2, 0.25) is 0 Å². The van der Waals surface area contributed by atoms with E-state index in [2.05, 4.69) is 10.5 Å². The zero-order valence-corrected chi connectivity index (χ0v) is 12.9. The number of nitroso groups, excluding NO2 is 1. The minimum atomic E-state index is -3.69. The van der Waals surface area contributed by atoms with Crippen LogP contribution in [0.25, 0.3) is 0 Å². The fourth-order valence-electron chi connectivity index (χ4n) is 1.94. The van der Waals surface area contributed by atoms with Crippen molar-refractivity contribution in [3.63, 3.8) is 0 Å². The van der Waals surface area contributed by atoms with Crippen LogP contribution in [0.3, 0.4) is 0 Å². The molecule has 0 radical (unpaired) electrons. The molecule has 0 aliphatic rings. The highest BCUT2D eigenvalue weighted by molar-refractivity contribution is 7.89. The molecule has 0 spiro atoms. The van der Waals surface area contributed by atoms with Gasteiger partial charge in [-0.05, 0) is 53.6 Å². The minimum Gasteiger partial charge on any atom is -0.352 e. The summed E-state index contributed by atoms with van der Waals surface area (Å²) < 4.78 is 22.3. The maximum atomic E-state index is 11.9. The first-order chi connectivity index (χ1) is 10.9. The van der Waals surface area contributed by atoms with E-state index in [1.807, 2.05) is 0 Å². The van der Waals surface area contributed by atoms with E-state index < -0.39 is 10.0 Å². The zero-order chi connectivity index (χ0) is 16.9. The van der Waals surface area contributed by atoms with Crippen LogP contribution in [0.15, 0.2) is 58.6 Å². The van der Waals surface area contributed by atoms with Crippen LogP contribution < -0.4 is 10.5 Å². The van der Waals surface area contributed by atoms with Gasteiger partial charge in [0.15, 0.2) is 0 Å². The Balaban J connectivity index is 1.88. The average Bonchev–Trinajstić information content (AvgIpc) is 2.54. The number of nitrogens with two attached hydrogens (primary N) is 1. The van der Waals surface area contributed by atoms with Crippen molar-refractivity contribution in [1.82, 2.24) is 5.32 Å². The summed E-state index contributed by atoms with van der Waals surface area (Å²) in [5, 5.41) is 10.5. The summed E-state index contributed by atoms with van der Waals surface area (Å²) in [7, 11) is -3.69. The Bertz CT molecular complexity index is 800. The topological polar surface area (TPSA) is 119 Å². The second kappa shape index (κ2) is 7.12. The molecule has 0 saturated heterocycles. The van der Waals surface area contributed by atoms with Gasteiger partial charge >= 0.3 is 0 Å². The van der Waals surface area contributed by atoms with Crippen molar-refractivity contribution in [3.8, 4) is 0 Å². The molecule has 1 amide bonds. The van der Waals surface area contributed by atoms with Crippen LogP contribution in [0.4, 0.5) is 5.69 Å². The molecule has 120 valence electrons. The molecule has 0 aliphatic heterocycles. The minimum absolute atomic E-state index is 0.0502. The highest BCUT2D eigenvalue weighted by Gasteiger charge is 2.07. The van der Waals surface area contributed by atoms with Crippen molar-refractivity contribution in [2.24, 2.45) is 10.3 Å². The quantitative estimate of drug-likeness (QED) is 0.782. The Labute approximate surface area is 133 Å². The van der Waals surface area contributed by atoms with Gasteiger partial charge in [-0.25, -0.2) is 13.6 Å². The fraction of sp³-hybridized carbons (Fsp3) is 0.133. The first-order valence-electron chi connectivity index (χ1n) is 6.73. The van der Waals surface area contributed by atoms with E-state index in [9.17, 15) is 18.1 Å². The number of amides is 1. The van der Waals surface area contributed by atoms with Crippen LogP contribution in [-0.4, -0.2) is 20.9 Å². The highest BCUT2D eigenvalue weighted by atomic mass is 32.2. The Morgan fingerprint density at radius 3 is 2.17 bits per heavy atom. The van der Waals surface area contributed by atoms with Gasteiger partial charge < -0.3 is 5.32 Å². The van der Waals surface area contributed by atoms with Crippen molar-refractivity contribution in [2.45, 2.75) is 11.3 Å². The van der Waals surface area contributed by atoms with Gasteiger partial charge in [-0.2, -0.15) is 0 Å². The lowest BCUT2D eigenvalue weighted by atomic mass is 10.1. The van der Waals surface area contributed by atoms with Gasteiger partial charge in [0, 0.05) is 12.1 Å². The van der Waals surface area contributed by atoms with Crippen LogP contribution >= 0.6 is 0 Å². The van der Waals surface area contributed by atoms with Gasteiger partial charge in [-0.15, -0.1) is 4.91 Å². The number of carbonyl (C=O) groups excluding carboxylic acids is 1. The average molecular weight is 333 g/mol. The number of nitrogens with one attached hydrogen (secondary N) is 1. The maximum absolute atomic E-state index is 11.9. The maximum Gasteiger partial charge on any atom is 0.251 e. The normalized spacial score (nSPS) is 11.0. The number of rotatable bonds is 6. The molecule has 2 aromatic carbocycles. The Morgan fingerprint density at radius 1 is 1.04 bits per heavy atom. The molecule has 0 aromatic heterocycles. The Hall–Kier alpha value is -2.58. The third-order valence-electron chi connectivity index (χ3n) is 3.19. The number of hydrogen-bond acceptors (Lipinski definition) is 5. The Kier molecular flexibility index (Phi) is 5.20. The summed E-state index contributed by atoms with van der Waals surface area (Å²) in [4.78, 5) is 22.3. The molecule has 2 rings (SSSR count). The van der Waals surface area contributed by atoms with Crippen molar-refractivity contribution < 1.29 is 13.2 Å². The molecule has 0 aliphatic carbocycles. The van der Waals surface area contributed by atoms with E-state index in [-0.39, 0.29) is 16.5 Å². The smallest absolute Gasteiger partial charge is 0.251 e. The van der Waals surface area contributed by atoms with Gasteiger partial charge in [-0.3, -0.25) is 4.79 Å². The summed E-state index contributed by atoms with van der Waals surface area (Å²) in [6.45, 7) is 0.390. The summed E-state index contributed by atoms with van der Waals surface area (Å²) in [6, 6.07) is 12.1. The van der Waals surface area contributed by atoms with E-state index in [0.717, 1.165) is 5.56 Å². The van der Waals surface area contributed by atoms with Gasteiger partial charge in [0.05, 0.1) is 4.90 Å². The van der Waals surface area contributed by atoms with E-state index in [4.69, 9.17) is 5.14 Å². The largest absolute Gasteiger partial charge is 0.352 e. The van der Waals surface area contributed by atoms with Crippen molar-refractivity contribution >= 4 is 21.6 Å². The van der Waals surface area contributed by atoms with Gasteiger partial charge in [-0.1, -0.05) is 12.1 Å². The molecular formula is C15H15N3O4S. The van der Waals surface area contributed by atoms with Gasteiger partial charge in [0.25, 0.3) is 5.91 Å². The summed E-state index contributed by atoms with van der Waals surface area (Å²) in [6.07, 6.45) is 0.546. The second-order valence-electron chi connectivity index (χ2n) is 4.83. The summed E-state index contributed by atoms with van der Waals surface area (Å²) >= 11 is 0. The number of hydrogen-bond donors (Lipinski definition) is 2. The predicted octanol–water partition coefficient (Wildman–Crippen LogP) is 1.70. The monoisotopic (exact) mass is 333 g/mol. The van der Waals surface area contributed by atoms with E-state index in [1.54, 1.807) is 12.1 Å². The van der Waals surface area contributed by atoms with Gasteiger partial charge in [0.2, 0.25) is 10.0 Å². The predicted molar refractivity (Wildman–Crippen MR) is 85.7 cm³/mol. The zero-order valence-electron chi connectivity index (χ0n) is 12.1. The van der Waals surface area contributed by atoms with Crippen LogP contribution in [0.5, 0.6) is 0 Å². The molecule has 0 fully saturated rings. The number of benzene rings is 2. The van der Waals surface area contributed by atoms with Crippen LogP contribution in [0, 0.1) is 4.91 Å².